The summed E-state index contributed by atoms with van der Waals surface area (Å²) in [6.07, 6.45) is 18.4. The van der Waals surface area contributed by atoms with Gasteiger partial charge in [0.15, 0.2) is 0 Å². The van der Waals surface area contributed by atoms with Crippen LogP contribution in [-0.2, 0) is 14.4 Å². The Morgan fingerprint density at radius 1 is 0.400 bits per heavy atom. The van der Waals surface area contributed by atoms with Gasteiger partial charge in [0.1, 0.15) is 0 Å². The van der Waals surface area contributed by atoms with Gasteiger partial charge in [-0.15, -0.1) is 0 Å². The maximum Gasteiger partial charge on any atom is 0.328 e. The van der Waals surface area contributed by atoms with Crippen molar-refractivity contribution in [3.8, 4) is 0 Å². The van der Waals surface area contributed by atoms with E-state index in [1.165, 1.54) is 18.2 Å². The third kappa shape index (κ3) is 21.1. The molecule has 3 rings (SSSR count). The molecule has 0 radical (unpaired) electrons. The molecule has 40 heavy (non-hydrogen) atoms. The van der Waals surface area contributed by atoms with Crippen molar-refractivity contribution in [2.75, 3.05) is 0 Å². The Labute approximate surface area is 238 Å². The number of hydrogen-bond donors (Lipinski definition) is 3. The first kappa shape index (κ1) is 34.9. The van der Waals surface area contributed by atoms with Crippen LogP contribution in [-0.4, -0.2) is 33.2 Å². The van der Waals surface area contributed by atoms with Gasteiger partial charge < -0.3 is 15.3 Å². The summed E-state index contributed by atoms with van der Waals surface area (Å²) in [6, 6.07) is 29.1. The van der Waals surface area contributed by atoms with E-state index in [1.54, 1.807) is 18.2 Å². The second-order valence-corrected chi connectivity index (χ2v) is 7.40. The minimum Gasteiger partial charge on any atom is -0.478 e. The van der Waals surface area contributed by atoms with E-state index in [1.807, 2.05) is 109 Å². The molecule has 0 aliphatic carbocycles. The average molecular weight is 557 g/mol. The van der Waals surface area contributed by atoms with E-state index >= 15 is 0 Å². The van der Waals surface area contributed by atoms with Crippen LogP contribution in [0.2, 0.25) is 0 Å². The molecule has 0 saturated carbocycles. The second kappa shape index (κ2) is 23.1. The van der Waals surface area contributed by atoms with Gasteiger partial charge in [0.2, 0.25) is 0 Å². The monoisotopic (exact) mass is 556 g/mol. The van der Waals surface area contributed by atoms with Crippen LogP contribution >= 0.6 is 9.90 Å². The molecule has 0 spiro atoms. The number of benzene rings is 3. The highest BCUT2D eigenvalue weighted by molar-refractivity contribution is 6.92. The number of carboxylic acids is 3. The zero-order valence-corrected chi connectivity index (χ0v) is 23.3. The Hall–Kier alpha value is -5.06. The zero-order chi connectivity index (χ0) is 28.6. The van der Waals surface area contributed by atoms with Crippen molar-refractivity contribution in [3.05, 3.63) is 162 Å². The Balaban J connectivity index is 0.000000563. The van der Waals surface area contributed by atoms with Crippen molar-refractivity contribution in [2.45, 2.75) is 0 Å². The summed E-state index contributed by atoms with van der Waals surface area (Å²) in [6.45, 7) is 0. The number of hydrogen-bond acceptors (Lipinski definition) is 3. The van der Waals surface area contributed by atoms with Crippen LogP contribution in [0.15, 0.2) is 146 Å². The molecule has 0 aliphatic rings. The quantitative estimate of drug-likeness (QED) is 0.148. The Morgan fingerprint density at radius 3 is 0.825 bits per heavy atom. The lowest BCUT2D eigenvalue weighted by molar-refractivity contribution is -0.132. The summed E-state index contributed by atoms with van der Waals surface area (Å²) < 4.78 is 0. The van der Waals surface area contributed by atoms with Gasteiger partial charge in [-0.2, -0.15) is 9.90 Å². The van der Waals surface area contributed by atoms with E-state index in [9.17, 15) is 14.4 Å². The highest BCUT2D eigenvalue weighted by Gasteiger charge is 1.84. The van der Waals surface area contributed by atoms with Crippen molar-refractivity contribution >= 4 is 46.0 Å². The Bertz CT molecular complexity index is 1140. The highest BCUT2D eigenvalue weighted by atomic mass is 31.0. The Morgan fingerprint density at radius 2 is 0.625 bits per heavy atom. The molecule has 1 unspecified atom stereocenters. The number of carboxylic acid groups (broad SMARTS) is 3. The smallest absolute Gasteiger partial charge is 0.328 e. The molecule has 6 nitrogen and oxygen atoms in total. The van der Waals surface area contributed by atoms with E-state index in [0.717, 1.165) is 34.9 Å². The SMILES string of the molecule is O=C(O)C=CC=Cc1ccccc1.O=C(O)C=CC=Cc1ccccc1.O=C(O)C=CC=Cc1ccccc1.P. The van der Waals surface area contributed by atoms with Crippen LogP contribution in [0.1, 0.15) is 16.7 Å². The van der Waals surface area contributed by atoms with Crippen LogP contribution in [0.5, 0.6) is 0 Å². The number of carbonyl (C=O) groups is 3. The Kier molecular flexibility index (Phi) is 20.2. The standard InChI is InChI=1S/3C11H10O2.H3P/c3*12-11(13)9-5-4-8-10-6-2-1-3-7-10;/h3*1-9H,(H,12,13);1H3. The van der Waals surface area contributed by atoms with Crippen molar-refractivity contribution in [1.82, 2.24) is 0 Å². The first-order chi connectivity index (χ1) is 18.9. The zero-order valence-electron chi connectivity index (χ0n) is 21.9. The minimum atomic E-state index is -0.933. The molecule has 3 aromatic carbocycles. The predicted octanol–water partition coefficient (Wildman–Crippen LogP) is 7.08. The lowest BCUT2D eigenvalue weighted by Gasteiger charge is -1.87. The molecular weight excluding hydrogens is 523 g/mol. The molecule has 0 aliphatic heterocycles. The molecule has 1 atom stereocenters. The molecule has 0 bridgehead atoms. The molecule has 0 aromatic heterocycles. The largest absolute Gasteiger partial charge is 0.478 e. The number of rotatable bonds is 9. The first-order valence-corrected chi connectivity index (χ1v) is 11.7. The third-order valence-corrected chi connectivity index (χ3v) is 4.31. The summed E-state index contributed by atoms with van der Waals surface area (Å²) in [5.41, 5.74) is 3.16. The molecule has 7 heteroatoms. The molecule has 3 aromatic rings. The fourth-order valence-corrected chi connectivity index (χ4v) is 2.61. The van der Waals surface area contributed by atoms with Gasteiger partial charge in [-0.05, 0) is 16.7 Å². The molecule has 0 heterocycles. The molecule has 0 amide bonds. The van der Waals surface area contributed by atoms with E-state index in [4.69, 9.17) is 15.3 Å². The summed E-state index contributed by atoms with van der Waals surface area (Å²) in [5.74, 6) is -2.80. The van der Waals surface area contributed by atoms with Crippen molar-refractivity contribution < 1.29 is 29.7 Å². The van der Waals surface area contributed by atoms with Crippen LogP contribution in [0.3, 0.4) is 0 Å². The lowest BCUT2D eigenvalue weighted by atomic mass is 10.2. The van der Waals surface area contributed by atoms with Gasteiger partial charge in [-0.3, -0.25) is 0 Å². The van der Waals surface area contributed by atoms with Gasteiger partial charge >= 0.3 is 17.9 Å². The van der Waals surface area contributed by atoms with Gasteiger partial charge in [0, 0.05) is 18.2 Å². The van der Waals surface area contributed by atoms with Gasteiger partial charge in [0.05, 0.1) is 0 Å². The third-order valence-electron chi connectivity index (χ3n) is 4.31. The number of allylic oxidation sites excluding steroid dienone is 6. The molecule has 0 fully saturated rings. The van der Waals surface area contributed by atoms with Crippen molar-refractivity contribution in [2.24, 2.45) is 0 Å². The maximum atomic E-state index is 10.1. The van der Waals surface area contributed by atoms with Gasteiger partial charge in [-0.1, -0.05) is 146 Å². The lowest BCUT2D eigenvalue weighted by Crippen LogP contribution is -1.84. The molecule has 0 saturated heterocycles. The second-order valence-electron chi connectivity index (χ2n) is 7.40. The van der Waals surface area contributed by atoms with Crippen molar-refractivity contribution in [1.29, 1.82) is 0 Å². The fraction of sp³-hybridized carbons (Fsp3) is 0. The van der Waals surface area contributed by atoms with Gasteiger partial charge in [0.25, 0.3) is 0 Å². The van der Waals surface area contributed by atoms with Crippen LogP contribution < -0.4 is 0 Å². The predicted molar refractivity (Wildman–Crippen MR) is 168 cm³/mol. The van der Waals surface area contributed by atoms with E-state index in [2.05, 4.69) is 0 Å². The molecular formula is C33H33O6P. The highest BCUT2D eigenvalue weighted by Crippen LogP contribution is 2.02. The summed E-state index contributed by atoms with van der Waals surface area (Å²) in [4.78, 5) is 30.3. The van der Waals surface area contributed by atoms with Crippen molar-refractivity contribution in [3.63, 3.8) is 0 Å². The summed E-state index contributed by atoms with van der Waals surface area (Å²) >= 11 is 0. The number of aliphatic carboxylic acids is 3. The van der Waals surface area contributed by atoms with Gasteiger partial charge in [-0.25, -0.2) is 14.4 Å². The van der Waals surface area contributed by atoms with E-state index in [0.29, 0.717) is 0 Å². The first-order valence-electron chi connectivity index (χ1n) is 11.7. The average Bonchev–Trinajstić information content (AvgIpc) is 2.94. The van der Waals surface area contributed by atoms with E-state index in [-0.39, 0.29) is 9.90 Å². The minimum absolute atomic E-state index is 0. The van der Waals surface area contributed by atoms with E-state index < -0.39 is 17.9 Å². The van der Waals surface area contributed by atoms with Crippen LogP contribution in [0.25, 0.3) is 18.2 Å². The topological polar surface area (TPSA) is 112 Å². The fourth-order valence-electron chi connectivity index (χ4n) is 2.61. The summed E-state index contributed by atoms with van der Waals surface area (Å²) in [5, 5.41) is 24.9. The van der Waals surface area contributed by atoms with Crippen LogP contribution in [0, 0.1) is 0 Å². The molecule has 206 valence electrons. The molecule has 3 N–H and O–H groups in total. The summed E-state index contributed by atoms with van der Waals surface area (Å²) in [7, 11) is 0. The normalized spacial score (nSPS) is 10.8. The maximum absolute atomic E-state index is 10.1. The van der Waals surface area contributed by atoms with Crippen LogP contribution in [0.4, 0.5) is 0 Å².